The lowest BCUT2D eigenvalue weighted by molar-refractivity contribution is 0.190. The molecule has 1 aromatic heterocycles. The Balaban J connectivity index is 1.81. The Morgan fingerprint density at radius 1 is 1.24 bits per heavy atom. The van der Waals surface area contributed by atoms with Gasteiger partial charge in [-0.3, -0.25) is 0 Å². The Labute approximate surface area is 127 Å². The Morgan fingerprint density at radius 2 is 2.05 bits per heavy atom. The highest BCUT2D eigenvalue weighted by molar-refractivity contribution is 7.18. The van der Waals surface area contributed by atoms with Crippen molar-refractivity contribution in [3.05, 3.63) is 58.6 Å². The van der Waals surface area contributed by atoms with Gasteiger partial charge in [0.1, 0.15) is 17.4 Å². The largest absolute Gasteiger partial charge is 0.486 e. The predicted octanol–water partition coefficient (Wildman–Crippen LogP) is 4.24. The molecular formula is C17H17NO2S. The molecule has 0 aliphatic rings. The summed E-state index contributed by atoms with van der Waals surface area (Å²) >= 11 is 1.64. The van der Waals surface area contributed by atoms with Crippen molar-refractivity contribution in [2.75, 3.05) is 0 Å². The van der Waals surface area contributed by atoms with Gasteiger partial charge < -0.3 is 9.84 Å². The second-order valence-corrected chi connectivity index (χ2v) is 6.20. The summed E-state index contributed by atoms with van der Waals surface area (Å²) in [6, 6.07) is 13.9. The molecule has 0 fully saturated rings. The minimum Gasteiger partial charge on any atom is -0.486 e. The van der Waals surface area contributed by atoms with E-state index >= 15 is 0 Å². The van der Waals surface area contributed by atoms with Gasteiger partial charge in [-0.2, -0.15) is 0 Å². The first kappa shape index (κ1) is 14.0. The first-order chi connectivity index (χ1) is 10.1. The highest BCUT2D eigenvalue weighted by atomic mass is 32.1. The average Bonchev–Trinajstić information content (AvgIpc) is 2.88. The summed E-state index contributed by atoms with van der Waals surface area (Å²) in [5.74, 6) is 0.717. The van der Waals surface area contributed by atoms with Crippen molar-refractivity contribution < 1.29 is 9.84 Å². The van der Waals surface area contributed by atoms with Gasteiger partial charge in [-0.05, 0) is 38.1 Å². The highest BCUT2D eigenvalue weighted by Crippen LogP contribution is 2.28. The third-order valence-electron chi connectivity index (χ3n) is 3.30. The summed E-state index contributed by atoms with van der Waals surface area (Å²) in [6.07, 6.45) is -0.546. The number of fused-ring (bicyclic) bond motifs is 1. The number of thiazole rings is 1. The van der Waals surface area contributed by atoms with Gasteiger partial charge in [0.2, 0.25) is 0 Å². The number of rotatable bonds is 4. The maximum Gasteiger partial charge on any atom is 0.140 e. The maximum atomic E-state index is 9.85. The molecule has 0 saturated carbocycles. The molecule has 4 heteroatoms. The van der Waals surface area contributed by atoms with Crippen LogP contribution in [0.1, 0.15) is 29.2 Å². The van der Waals surface area contributed by atoms with Crippen molar-refractivity contribution in [2.45, 2.75) is 26.6 Å². The molecule has 0 bridgehead atoms. The number of ether oxygens (including phenoxy) is 1. The molecule has 3 nitrogen and oxygen atoms in total. The van der Waals surface area contributed by atoms with Gasteiger partial charge in [-0.15, -0.1) is 11.3 Å². The van der Waals surface area contributed by atoms with Crippen LogP contribution in [0.25, 0.3) is 10.2 Å². The molecule has 0 saturated heterocycles. The van der Waals surface area contributed by atoms with Gasteiger partial charge in [0.15, 0.2) is 0 Å². The van der Waals surface area contributed by atoms with Gasteiger partial charge in [0, 0.05) is 5.56 Å². The highest BCUT2D eigenvalue weighted by Gasteiger charge is 2.11. The lowest BCUT2D eigenvalue weighted by Crippen LogP contribution is -2.01. The van der Waals surface area contributed by atoms with E-state index in [-0.39, 0.29) is 0 Å². The third kappa shape index (κ3) is 3.06. The fraction of sp³-hybridized carbons (Fsp3) is 0.235. The van der Waals surface area contributed by atoms with Gasteiger partial charge in [-0.1, -0.05) is 23.8 Å². The zero-order valence-electron chi connectivity index (χ0n) is 12.0. The SMILES string of the molecule is Cc1ccc(OCc2nc3ccccc3s2)c([C@@H](C)O)c1. The zero-order valence-corrected chi connectivity index (χ0v) is 12.9. The first-order valence-corrected chi connectivity index (χ1v) is 7.71. The van der Waals surface area contributed by atoms with Crippen LogP contribution in [0.3, 0.4) is 0 Å². The van der Waals surface area contributed by atoms with Crippen molar-refractivity contribution in [2.24, 2.45) is 0 Å². The molecule has 108 valence electrons. The number of para-hydroxylation sites is 1. The standard InChI is InChI=1S/C17H17NO2S/c1-11-7-8-15(13(9-11)12(2)19)20-10-17-18-14-5-3-4-6-16(14)21-17/h3-9,12,19H,10H2,1-2H3/t12-/m1/s1. The van der Waals surface area contributed by atoms with Crippen molar-refractivity contribution in [1.29, 1.82) is 0 Å². The van der Waals surface area contributed by atoms with E-state index in [1.807, 2.05) is 43.3 Å². The van der Waals surface area contributed by atoms with Gasteiger partial charge in [-0.25, -0.2) is 4.98 Å². The van der Waals surface area contributed by atoms with Gasteiger partial charge in [0.05, 0.1) is 16.3 Å². The summed E-state index contributed by atoms with van der Waals surface area (Å²) in [6.45, 7) is 4.17. The summed E-state index contributed by atoms with van der Waals surface area (Å²) in [5.41, 5.74) is 2.93. The molecule has 0 radical (unpaired) electrons. The van der Waals surface area contributed by atoms with Crippen molar-refractivity contribution >= 4 is 21.6 Å². The van der Waals surface area contributed by atoms with Crippen LogP contribution in [-0.4, -0.2) is 10.1 Å². The Kier molecular flexibility index (Phi) is 3.90. The van der Waals surface area contributed by atoms with E-state index in [0.29, 0.717) is 6.61 Å². The van der Waals surface area contributed by atoms with Crippen molar-refractivity contribution in [3.63, 3.8) is 0 Å². The molecule has 3 aromatic rings. The van der Waals surface area contributed by atoms with Crippen LogP contribution in [-0.2, 0) is 6.61 Å². The lowest BCUT2D eigenvalue weighted by Gasteiger charge is -2.13. The predicted molar refractivity (Wildman–Crippen MR) is 85.8 cm³/mol. The number of nitrogens with zero attached hydrogens (tertiary/aromatic N) is 1. The number of aliphatic hydroxyl groups excluding tert-OH is 1. The van der Waals surface area contributed by atoms with Gasteiger partial charge >= 0.3 is 0 Å². The Hall–Kier alpha value is -1.91. The number of aromatic nitrogens is 1. The van der Waals surface area contributed by atoms with E-state index in [4.69, 9.17) is 4.74 Å². The van der Waals surface area contributed by atoms with E-state index in [2.05, 4.69) is 11.1 Å². The molecule has 2 aromatic carbocycles. The minimum atomic E-state index is -0.546. The number of benzene rings is 2. The second-order valence-electron chi connectivity index (χ2n) is 5.08. The molecule has 3 rings (SSSR count). The summed E-state index contributed by atoms with van der Waals surface area (Å²) in [5, 5.41) is 10.8. The fourth-order valence-electron chi connectivity index (χ4n) is 2.25. The van der Waals surface area contributed by atoms with Crippen LogP contribution in [0.15, 0.2) is 42.5 Å². The molecule has 0 amide bonds. The summed E-state index contributed by atoms with van der Waals surface area (Å²) < 4.78 is 7.02. The topological polar surface area (TPSA) is 42.4 Å². The smallest absolute Gasteiger partial charge is 0.140 e. The number of aliphatic hydroxyl groups is 1. The first-order valence-electron chi connectivity index (χ1n) is 6.89. The minimum absolute atomic E-state index is 0.419. The van der Waals surface area contributed by atoms with Crippen LogP contribution in [0.5, 0.6) is 5.75 Å². The third-order valence-corrected chi connectivity index (χ3v) is 4.31. The van der Waals surface area contributed by atoms with Crippen LogP contribution in [0, 0.1) is 6.92 Å². The van der Waals surface area contributed by atoms with E-state index in [0.717, 1.165) is 32.1 Å². The average molecular weight is 299 g/mol. The summed E-state index contributed by atoms with van der Waals surface area (Å²) in [4.78, 5) is 4.55. The zero-order chi connectivity index (χ0) is 14.8. The van der Waals surface area contributed by atoms with E-state index in [9.17, 15) is 5.11 Å². The van der Waals surface area contributed by atoms with Crippen LogP contribution >= 0.6 is 11.3 Å². The van der Waals surface area contributed by atoms with Crippen molar-refractivity contribution in [3.8, 4) is 5.75 Å². The molecule has 0 aliphatic heterocycles. The molecular weight excluding hydrogens is 282 g/mol. The van der Waals surface area contributed by atoms with Crippen LogP contribution in [0.4, 0.5) is 0 Å². The van der Waals surface area contributed by atoms with Crippen LogP contribution in [0.2, 0.25) is 0 Å². The van der Waals surface area contributed by atoms with E-state index in [1.54, 1.807) is 18.3 Å². The molecule has 1 N–H and O–H groups in total. The van der Waals surface area contributed by atoms with Gasteiger partial charge in [0.25, 0.3) is 0 Å². The molecule has 0 spiro atoms. The Morgan fingerprint density at radius 3 is 2.81 bits per heavy atom. The number of hydrogen-bond acceptors (Lipinski definition) is 4. The molecule has 1 atom stereocenters. The lowest BCUT2D eigenvalue weighted by atomic mass is 10.1. The van der Waals surface area contributed by atoms with Crippen molar-refractivity contribution in [1.82, 2.24) is 4.98 Å². The van der Waals surface area contributed by atoms with Crippen LogP contribution < -0.4 is 4.74 Å². The normalized spacial score (nSPS) is 12.5. The molecule has 0 unspecified atom stereocenters. The van der Waals surface area contributed by atoms with E-state index < -0.39 is 6.10 Å². The molecule has 1 heterocycles. The monoisotopic (exact) mass is 299 g/mol. The number of aryl methyl sites for hydroxylation is 1. The summed E-state index contributed by atoms with van der Waals surface area (Å²) in [7, 11) is 0. The quantitative estimate of drug-likeness (QED) is 0.783. The fourth-order valence-corrected chi connectivity index (χ4v) is 3.13. The molecule has 0 aliphatic carbocycles. The van der Waals surface area contributed by atoms with E-state index in [1.165, 1.54) is 0 Å². The second kappa shape index (κ2) is 5.84. The maximum absolute atomic E-state index is 9.85. The Bertz CT molecular complexity index is 731. The molecule has 21 heavy (non-hydrogen) atoms. The number of hydrogen-bond donors (Lipinski definition) is 1.